The van der Waals surface area contributed by atoms with Crippen LogP contribution in [0, 0.1) is 0 Å². The minimum atomic E-state index is -4.79. The molecule has 11 N–H and O–H groups in total. The van der Waals surface area contributed by atoms with Crippen molar-refractivity contribution in [2.24, 2.45) is 5.73 Å². The number of H-pyrrole nitrogens is 1. The molecule has 23 nitrogen and oxygen atoms in total. The number of carbonyl (C=O) groups is 9. The standard InChI is InChI=1S/C51H67N9O14S/c1-5-8-19-41(50(69)57-39(28-46(64)65)48(67)56-37(47(52)66)25-31-15-11-10-12-16-31)60(4)51(70)40(27-33-30-53-36-18-14-13-17-35(33)36)55-44(62)29-45(63)58-42(20-9-6-2)59-49(68)38(54-43(61)7-3)26-32-21-23-34(24-22-32)74-75(71,72)73/h10-18,21-24,30,37-42,53H,5-9,19-20,25-29H2,1-4H3,(H2,52,66)(H,54,61)(H,55,62)(H,56,67)(H,57,69)(H,58,63)(H,59,68)(H,64,65)(H,71,72,73)/t37-,38-,39-,40-,41-,42-/m0/s1. The first-order valence-corrected chi connectivity index (χ1v) is 25.9. The van der Waals surface area contributed by atoms with Crippen molar-refractivity contribution >= 4 is 74.5 Å². The Morgan fingerprint density at radius 2 is 1.23 bits per heavy atom. The van der Waals surface area contributed by atoms with Gasteiger partial charge in [0.15, 0.2) is 0 Å². The van der Waals surface area contributed by atoms with E-state index < -0.39 is 113 Å². The summed E-state index contributed by atoms with van der Waals surface area (Å²) < 4.78 is 35.7. The number of nitrogens with zero attached hydrogens (tertiary/aromatic N) is 1. The maximum atomic E-state index is 14.7. The molecule has 0 aliphatic heterocycles. The molecule has 4 aromatic rings. The van der Waals surface area contributed by atoms with Crippen LogP contribution in [-0.4, -0.2) is 125 Å². The lowest BCUT2D eigenvalue weighted by molar-refractivity contribution is -0.144. The molecule has 24 heteroatoms. The number of hydrogen-bond acceptors (Lipinski definition) is 12. The van der Waals surface area contributed by atoms with Crippen molar-refractivity contribution in [3.63, 3.8) is 0 Å². The molecule has 0 aliphatic carbocycles. The third-order valence-electron chi connectivity index (χ3n) is 12.0. The quantitative estimate of drug-likeness (QED) is 0.0195. The molecule has 1 heterocycles. The van der Waals surface area contributed by atoms with E-state index in [-0.39, 0.29) is 44.3 Å². The molecular formula is C51H67N9O14S. The Labute approximate surface area is 434 Å². The van der Waals surface area contributed by atoms with E-state index in [9.17, 15) is 56.7 Å². The van der Waals surface area contributed by atoms with E-state index >= 15 is 0 Å². The third-order valence-corrected chi connectivity index (χ3v) is 12.4. The Morgan fingerprint density at radius 1 is 0.653 bits per heavy atom. The minimum absolute atomic E-state index is 0.0186. The molecule has 0 saturated heterocycles. The Balaban J connectivity index is 1.55. The molecule has 75 heavy (non-hydrogen) atoms. The largest absolute Gasteiger partial charge is 0.481 e. The average Bonchev–Trinajstić information content (AvgIpc) is 3.76. The number of primary amides is 1. The van der Waals surface area contributed by atoms with Crippen molar-refractivity contribution in [2.75, 3.05) is 7.05 Å². The van der Waals surface area contributed by atoms with Gasteiger partial charge in [-0.15, -0.1) is 0 Å². The number of nitrogens with two attached hydrogens (primary N) is 1. The van der Waals surface area contributed by atoms with Crippen molar-refractivity contribution in [1.82, 2.24) is 41.8 Å². The Morgan fingerprint density at radius 3 is 1.85 bits per heavy atom. The van der Waals surface area contributed by atoms with Crippen molar-refractivity contribution in [3.05, 3.63) is 102 Å². The maximum absolute atomic E-state index is 14.7. The molecule has 0 bridgehead atoms. The third kappa shape index (κ3) is 19.8. The second kappa shape index (κ2) is 29.1. The van der Waals surface area contributed by atoms with Crippen LogP contribution in [0.2, 0.25) is 0 Å². The van der Waals surface area contributed by atoms with Crippen LogP contribution in [0.4, 0.5) is 0 Å². The van der Waals surface area contributed by atoms with Crippen LogP contribution < -0.4 is 41.8 Å². The van der Waals surface area contributed by atoms with Crippen molar-refractivity contribution in [1.29, 1.82) is 0 Å². The van der Waals surface area contributed by atoms with Gasteiger partial charge in [-0.25, -0.2) is 0 Å². The number of carbonyl (C=O) groups excluding carboxylic acids is 8. The number of aromatic nitrogens is 1. The predicted octanol–water partition coefficient (Wildman–Crippen LogP) is 1.84. The number of carboxylic acids is 1. The summed E-state index contributed by atoms with van der Waals surface area (Å²) in [5.74, 6) is -8.11. The normalized spacial score (nSPS) is 13.6. The fourth-order valence-corrected chi connectivity index (χ4v) is 8.41. The molecule has 4 rings (SSSR count). The lowest BCUT2D eigenvalue weighted by Crippen LogP contribution is -2.59. The molecule has 0 fully saturated rings. The highest BCUT2D eigenvalue weighted by atomic mass is 32.3. The van der Waals surface area contributed by atoms with E-state index in [4.69, 9.17) is 10.3 Å². The van der Waals surface area contributed by atoms with E-state index in [1.807, 2.05) is 19.9 Å². The monoisotopic (exact) mass is 1060 g/mol. The van der Waals surface area contributed by atoms with E-state index in [2.05, 4.69) is 41.1 Å². The number of benzene rings is 3. The van der Waals surface area contributed by atoms with Crippen LogP contribution in [0.3, 0.4) is 0 Å². The lowest BCUT2D eigenvalue weighted by atomic mass is 10.0. The molecule has 0 radical (unpaired) electrons. The molecule has 0 unspecified atom stereocenters. The number of para-hydroxylation sites is 1. The summed E-state index contributed by atoms with van der Waals surface area (Å²) in [7, 11) is -3.47. The van der Waals surface area contributed by atoms with Gasteiger partial charge in [-0.3, -0.25) is 47.7 Å². The van der Waals surface area contributed by atoms with Gasteiger partial charge < -0.3 is 56.8 Å². The topological polar surface area (TPSA) is 355 Å². The molecule has 8 amide bonds. The van der Waals surface area contributed by atoms with E-state index in [0.29, 0.717) is 42.4 Å². The van der Waals surface area contributed by atoms with Crippen LogP contribution in [0.25, 0.3) is 10.9 Å². The number of rotatable bonds is 31. The second-order valence-corrected chi connectivity index (χ2v) is 18.9. The fraction of sp³-hybridized carbons (Fsp3) is 0.431. The van der Waals surface area contributed by atoms with Crippen LogP contribution >= 0.6 is 0 Å². The van der Waals surface area contributed by atoms with Gasteiger partial charge in [0.1, 0.15) is 48.5 Å². The molecule has 0 spiro atoms. The van der Waals surface area contributed by atoms with Crippen LogP contribution in [0.1, 0.15) is 95.2 Å². The van der Waals surface area contributed by atoms with Gasteiger partial charge in [-0.1, -0.05) is 101 Å². The van der Waals surface area contributed by atoms with Crippen LogP contribution in [0.5, 0.6) is 5.75 Å². The van der Waals surface area contributed by atoms with E-state index in [1.165, 1.54) is 31.3 Å². The number of unbranched alkanes of at least 4 members (excludes halogenated alkanes) is 2. The SMILES string of the molecule is CCCC[C@@H](NC(=O)CC(=O)N[C@@H](Cc1c[nH]c2ccccc12)C(=O)N(C)[C@@H](CCCC)C(=O)N[C@@H](CC(=O)O)C(=O)N[C@@H](Cc1ccccc1)C(N)=O)NC(=O)[C@H](Cc1ccc(OS(=O)(=O)O)cc1)NC(=O)CC. The molecule has 6 atom stereocenters. The van der Waals surface area contributed by atoms with E-state index in [0.717, 1.165) is 15.8 Å². The van der Waals surface area contributed by atoms with Gasteiger partial charge >= 0.3 is 16.4 Å². The number of aliphatic carboxylic acids is 1. The fourth-order valence-electron chi connectivity index (χ4n) is 8.06. The second-order valence-electron chi connectivity index (χ2n) is 17.9. The van der Waals surface area contributed by atoms with Crippen molar-refractivity contribution < 1.29 is 65.4 Å². The van der Waals surface area contributed by atoms with Gasteiger partial charge in [0.25, 0.3) is 0 Å². The highest BCUT2D eigenvalue weighted by Crippen LogP contribution is 2.21. The number of carboxylic acid groups (broad SMARTS) is 1. The molecule has 3 aromatic carbocycles. The van der Waals surface area contributed by atoms with Gasteiger partial charge in [-0.2, -0.15) is 8.42 Å². The summed E-state index contributed by atoms with van der Waals surface area (Å²) in [5.41, 5.74) is 8.05. The average molecular weight is 1060 g/mol. The predicted molar refractivity (Wildman–Crippen MR) is 274 cm³/mol. The Hall–Kier alpha value is -7.86. The maximum Gasteiger partial charge on any atom is 0.446 e. The number of aromatic amines is 1. The van der Waals surface area contributed by atoms with Gasteiger partial charge in [0.05, 0.1) is 6.42 Å². The zero-order valence-electron chi connectivity index (χ0n) is 42.3. The summed E-state index contributed by atoms with van der Waals surface area (Å²) in [6.45, 7) is 5.31. The van der Waals surface area contributed by atoms with Gasteiger partial charge in [0.2, 0.25) is 47.3 Å². The first-order valence-electron chi connectivity index (χ1n) is 24.5. The highest BCUT2D eigenvalue weighted by Gasteiger charge is 2.36. The van der Waals surface area contributed by atoms with Gasteiger partial charge in [0, 0.05) is 49.8 Å². The lowest BCUT2D eigenvalue weighted by Gasteiger charge is -2.32. The highest BCUT2D eigenvalue weighted by molar-refractivity contribution is 7.81. The number of nitrogens with one attached hydrogen (secondary N) is 7. The molecule has 406 valence electrons. The molecule has 0 saturated carbocycles. The van der Waals surface area contributed by atoms with Gasteiger partial charge in [-0.05, 0) is 54.2 Å². The van der Waals surface area contributed by atoms with Crippen molar-refractivity contribution in [2.45, 2.75) is 134 Å². The zero-order chi connectivity index (χ0) is 55.2. The Kier molecular flexibility index (Phi) is 23.2. The van der Waals surface area contributed by atoms with E-state index in [1.54, 1.807) is 61.7 Å². The summed E-state index contributed by atoms with van der Waals surface area (Å²) in [5, 5.41) is 26.1. The number of fused-ring (bicyclic) bond motifs is 1. The molecular weight excluding hydrogens is 995 g/mol. The van der Waals surface area contributed by atoms with Crippen molar-refractivity contribution in [3.8, 4) is 5.75 Å². The summed E-state index contributed by atoms with van der Waals surface area (Å²) in [6.07, 6.45) is 1.11. The first-order chi connectivity index (χ1) is 35.6. The number of amides is 8. The molecule has 1 aromatic heterocycles. The number of likely N-dealkylation sites (N-methyl/N-ethyl adjacent to an activating group) is 1. The minimum Gasteiger partial charge on any atom is -0.481 e. The first kappa shape index (κ1) is 59.7. The molecule has 0 aliphatic rings. The summed E-state index contributed by atoms with van der Waals surface area (Å²) in [4.78, 5) is 125. The smallest absolute Gasteiger partial charge is 0.446 e. The van der Waals surface area contributed by atoms with Crippen LogP contribution in [-0.2, 0) is 72.8 Å². The summed E-state index contributed by atoms with van der Waals surface area (Å²) >= 11 is 0. The van der Waals surface area contributed by atoms with Crippen LogP contribution in [0.15, 0.2) is 85.1 Å². The summed E-state index contributed by atoms with van der Waals surface area (Å²) in [6, 6.07) is 14.3. The zero-order valence-corrected chi connectivity index (χ0v) is 43.1. The Bertz CT molecular complexity index is 2740. The number of hydrogen-bond donors (Lipinski definition) is 10.